The van der Waals surface area contributed by atoms with Gasteiger partial charge in [0, 0.05) is 19.5 Å². The van der Waals surface area contributed by atoms with Gasteiger partial charge in [-0.15, -0.1) is 0 Å². The van der Waals surface area contributed by atoms with Gasteiger partial charge in [-0.25, -0.2) is 0 Å². The summed E-state index contributed by atoms with van der Waals surface area (Å²) in [5, 5.41) is 3.36. The maximum absolute atomic E-state index is 5.88. The second-order valence-corrected chi connectivity index (χ2v) is 5.47. The van der Waals surface area contributed by atoms with Crippen molar-refractivity contribution in [1.29, 1.82) is 0 Å². The van der Waals surface area contributed by atoms with Crippen molar-refractivity contribution >= 4 is 0 Å². The van der Waals surface area contributed by atoms with Gasteiger partial charge in [-0.1, -0.05) is 6.07 Å². The number of ether oxygens (including phenoxy) is 2. The van der Waals surface area contributed by atoms with Crippen LogP contribution >= 0.6 is 0 Å². The molecule has 92 valence electrons. The Morgan fingerprint density at radius 2 is 2.24 bits per heavy atom. The normalized spacial score (nSPS) is 26.4. The third kappa shape index (κ3) is 2.17. The van der Waals surface area contributed by atoms with E-state index in [1.165, 1.54) is 11.1 Å². The van der Waals surface area contributed by atoms with Gasteiger partial charge in [-0.2, -0.15) is 0 Å². The second-order valence-electron chi connectivity index (χ2n) is 5.47. The maximum Gasteiger partial charge on any atom is 0.123 e. The average Bonchev–Trinajstić information content (AvgIpc) is 2.63. The van der Waals surface area contributed by atoms with E-state index in [-0.39, 0.29) is 11.7 Å². The Labute approximate surface area is 102 Å². The first-order valence-electron chi connectivity index (χ1n) is 6.28. The van der Waals surface area contributed by atoms with Gasteiger partial charge >= 0.3 is 0 Å². The summed E-state index contributed by atoms with van der Waals surface area (Å²) in [6.07, 6.45) is 1.17. The average molecular weight is 233 g/mol. The fourth-order valence-electron chi connectivity index (χ4n) is 2.61. The van der Waals surface area contributed by atoms with Crippen LogP contribution in [-0.4, -0.2) is 25.3 Å². The zero-order chi connectivity index (χ0) is 11.9. The molecule has 0 spiro atoms. The van der Waals surface area contributed by atoms with Crippen molar-refractivity contribution in [3.8, 4) is 5.75 Å². The third-order valence-corrected chi connectivity index (χ3v) is 3.39. The van der Waals surface area contributed by atoms with Crippen LogP contribution in [0.3, 0.4) is 0 Å². The second kappa shape index (κ2) is 4.00. The van der Waals surface area contributed by atoms with E-state index < -0.39 is 0 Å². The number of morpholine rings is 1. The number of benzene rings is 1. The Morgan fingerprint density at radius 1 is 1.35 bits per heavy atom. The smallest absolute Gasteiger partial charge is 0.123 e. The lowest BCUT2D eigenvalue weighted by Gasteiger charge is -2.24. The Kier molecular flexibility index (Phi) is 2.60. The van der Waals surface area contributed by atoms with E-state index in [0.29, 0.717) is 0 Å². The first-order valence-corrected chi connectivity index (χ1v) is 6.28. The molecule has 0 amide bonds. The molecule has 1 fully saturated rings. The molecule has 17 heavy (non-hydrogen) atoms. The topological polar surface area (TPSA) is 30.5 Å². The van der Waals surface area contributed by atoms with Crippen LogP contribution in [0.2, 0.25) is 0 Å². The minimum absolute atomic E-state index is 0.0629. The third-order valence-electron chi connectivity index (χ3n) is 3.39. The molecule has 0 radical (unpaired) electrons. The van der Waals surface area contributed by atoms with Crippen molar-refractivity contribution in [3.05, 3.63) is 29.3 Å². The summed E-state index contributed by atoms with van der Waals surface area (Å²) in [7, 11) is 0. The highest BCUT2D eigenvalue weighted by atomic mass is 16.5. The predicted molar refractivity (Wildman–Crippen MR) is 66.4 cm³/mol. The molecule has 0 aromatic heterocycles. The summed E-state index contributed by atoms with van der Waals surface area (Å²) < 4.78 is 11.7. The van der Waals surface area contributed by atoms with Gasteiger partial charge in [0.05, 0.1) is 12.7 Å². The molecule has 3 nitrogen and oxygen atoms in total. The number of fused-ring (bicyclic) bond motifs is 1. The number of hydrogen-bond donors (Lipinski definition) is 1. The Balaban J connectivity index is 1.85. The van der Waals surface area contributed by atoms with E-state index in [0.717, 1.165) is 31.9 Å². The highest BCUT2D eigenvalue weighted by Crippen LogP contribution is 2.36. The minimum atomic E-state index is -0.0629. The molecule has 3 heteroatoms. The van der Waals surface area contributed by atoms with Gasteiger partial charge in [0.2, 0.25) is 0 Å². The van der Waals surface area contributed by atoms with E-state index in [1.54, 1.807) is 0 Å². The van der Waals surface area contributed by atoms with Crippen molar-refractivity contribution in [2.75, 3.05) is 19.7 Å². The first kappa shape index (κ1) is 11.1. The number of nitrogens with one attached hydrogen (secondary N) is 1. The molecule has 1 aromatic rings. The summed E-state index contributed by atoms with van der Waals surface area (Å²) >= 11 is 0. The Bertz CT molecular complexity index is 422. The van der Waals surface area contributed by atoms with Crippen molar-refractivity contribution in [2.24, 2.45) is 0 Å². The molecule has 1 aromatic carbocycles. The molecule has 1 unspecified atom stereocenters. The molecule has 1 N–H and O–H groups in total. The number of hydrogen-bond acceptors (Lipinski definition) is 3. The standard InChI is InChI=1S/C14H19NO2/c1-14(2)8-11-7-10(3-4-12(11)17-14)13-9-15-5-6-16-13/h3-4,7,13,15H,5-6,8-9H2,1-2H3. The predicted octanol–water partition coefficient (Wildman–Crippen LogP) is 2.06. The van der Waals surface area contributed by atoms with Crippen LogP contribution in [0.4, 0.5) is 0 Å². The van der Waals surface area contributed by atoms with Crippen molar-refractivity contribution < 1.29 is 9.47 Å². The van der Waals surface area contributed by atoms with Gasteiger partial charge in [0.1, 0.15) is 11.4 Å². The summed E-state index contributed by atoms with van der Waals surface area (Å²) in [4.78, 5) is 0. The summed E-state index contributed by atoms with van der Waals surface area (Å²) in [5.74, 6) is 1.03. The molecular formula is C14H19NO2. The van der Waals surface area contributed by atoms with E-state index in [4.69, 9.17) is 9.47 Å². The fourth-order valence-corrected chi connectivity index (χ4v) is 2.61. The van der Waals surface area contributed by atoms with Crippen LogP contribution in [0.15, 0.2) is 18.2 Å². The summed E-state index contributed by atoms with van der Waals surface area (Å²) in [6, 6.07) is 6.44. The van der Waals surface area contributed by atoms with Crippen molar-refractivity contribution in [2.45, 2.75) is 32.0 Å². The molecule has 3 rings (SSSR count). The Hall–Kier alpha value is -1.06. The molecule has 2 heterocycles. The summed E-state index contributed by atoms with van der Waals surface area (Å²) in [5.41, 5.74) is 2.51. The zero-order valence-electron chi connectivity index (χ0n) is 10.5. The maximum atomic E-state index is 5.88. The SMILES string of the molecule is CC1(C)Cc2cc(C3CNCCO3)ccc2O1. The van der Waals surface area contributed by atoms with Crippen molar-refractivity contribution in [1.82, 2.24) is 5.32 Å². The van der Waals surface area contributed by atoms with E-state index in [9.17, 15) is 0 Å². The lowest BCUT2D eigenvalue weighted by atomic mass is 9.98. The molecule has 0 aliphatic carbocycles. The number of rotatable bonds is 1. The molecule has 2 aliphatic heterocycles. The first-order chi connectivity index (χ1) is 8.14. The molecule has 1 saturated heterocycles. The summed E-state index contributed by atoms with van der Waals surface area (Å²) in [6.45, 7) is 6.92. The van der Waals surface area contributed by atoms with Crippen molar-refractivity contribution in [3.63, 3.8) is 0 Å². The van der Waals surface area contributed by atoms with Crippen LogP contribution < -0.4 is 10.1 Å². The largest absolute Gasteiger partial charge is 0.487 e. The van der Waals surface area contributed by atoms with Crippen LogP contribution in [0.1, 0.15) is 31.1 Å². The van der Waals surface area contributed by atoms with Gasteiger partial charge in [-0.3, -0.25) is 0 Å². The molecular weight excluding hydrogens is 214 g/mol. The van der Waals surface area contributed by atoms with Gasteiger partial charge in [-0.05, 0) is 37.1 Å². The Morgan fingerprint density at radius 3 is 3.00 bits per heavy atom. The van der Waals surface area contributed by atoms with Crippen LogP contribution in [0, 0.1) is 0 Å². The highest BCUT2D eigenvalue weighted by molar-refractivity contribution is 5.42. The molecule has 1 atom stereocenters. The van der Waals surface area contributed by atoms with E-state index >= 15 is 0 Å². The van der Waals surface area contributed by atoms with Gasteiger partial charge in [0.25, 0.3) is 0 Å². The van der Waals surface area contributed by atoms with Gasteiger partial charge in [0.15, 0.2) is 0 Å². The lowest BCUT2D eigenvalue weighted by Crippen LogP contribution is -2.33. The lowest BCUT2D eigenvalue weighted by molar-refractivity contribution is 0.0276. The highest BCUT2D eigenvalue weighted by Gasteiger charge is 2.30. The van der Waals surface area contributed by atoms with E-state index in [1.807, 2.05) is 0 Å². The van der Waals surface area contributed by atoms with Crippen LogP contribution in [-0.2, 0) is 11.2 Å². The monoisotopic (exact) mass is 233 g/mol. The molecule has 0 bridgehead atoms. The molecule has 2 aliphatic rings. The van der Waals surface area contributed by atoms with Gasteiger partial charge < -0.3 is 14.8 Å². The van der Waals surface area contributed by atoms with Crippen LogP contribution in [0.5, 0.6) is 5.75 Å². The zero-order valence-corrected chi connectivity index (χ0v) is 10.5. The molecule has 0 saturated carbocycles. The van der Waals surface area contributed by atoms with Crippen LogP contribution in [0.25, 0.3) is 0 Å². The minimum Gasteiger partial charge on any atom is -0.487 e. The fraction of sp³-hybridized carbons (Fsp3) is 0.571. The van der Waals surface area contributed by atoms with E-state index in [2.05, 4.69) is 37.4 Å². The quantitative estimate of drug-likeness (QED) is 0.805.